The van der Waals surface area contributed by atoms with Crippen molar-refractivity contribution in [2.24, 2.45) is 0 Å². The summed E-state index contributed by atoms with van der Waals surface area (Å²) in [6.07, 6.45) is 0. The van der Waals surface area contributed by atoms with Crippen molar-refractivity contribution in [1.29, 1.82) is 0 Å². The molecular formula is C17H17ClN2O4. The van der Waals surface area contributed by atoms with Crippen LogP contribution in [0.3, 0.4) is 0 Å². The van der Waals surface area contributed by atoms with Crippen LogP contribution in [0.15, 0.2) is 30.3 Å². The number of anilines is 1. The Labute approximate surface area is 144 Å². The van der Waals surface area contributed by atoms with Crippen LogP contribution >= 0.6 is 11.6 Å². The van der Waals surface area contributed by atoms with Crippen LogP contribution in [0.25, 0.3) is 0 Å². The third-order valence-corrected chi connectivity index (χ3v) is 4.24. The summed E-state index contributed by atoms with van der Waals surface area (Å²) >= 11 is 6.33. The molecule has 24 heavy (non-hydrogen) atoms. The molecule has 0 fully saturated rings. The first-order valence-corrected chi connectivity index (χ1v) is 7.63. The van der Waals surface area contributed by atoms with Gasteiger partial charge < -0.3 is 24.8 Å². The number of ether oxygens (including phenoxy) is 3. The number of benzene rings is 2. The van der Waals surface area contributed by atoms with Gasteiger partial charge in [0.15, 0.2) is 11.5 Å². The molecule has 6 nitrogen and oxygen atoms in total. The van der Waals surface area contributed by atoms with Crippen LogP contribution in [0, 0.1) is 0 Å². The van der Waals surface area contributed by atoms with E-state index >= 15 is 0 Å². The molecule has 1 aliphatic rings. The number of urea groups is 1. The number of hydrogen-bond donors (Lipinski definition) is 2. The first-order chi connectivity index (χ1) is 11.6. The summed E-state index contributed by atoms with van der Waals surface area (Å²) in [5.41, 5.74) is 2.07. The lowest BCUT2D eigenvalue weighted by molar-refractivity contribution is 0.248. The average Bonchev–Trinajstić information content (AvgIpc) is 2.59. The van der Waals surface area contributed by atoms with E-state index in [-0.39, 0.29) is 6.03 Å². The Balaban J connectivity index is 2.28. The Bertz CT molecular complexity index is 794. The number of amides is 2. The minimum absolute atomic E-state index is 0.332. The van der Waals surface area contributed by atoms with Crippen molar-refractivity contribution in [1.82, 2.24) is 5.32 Å². The molecule has 1 aliphatic heterocycles. The topological polar surface area (TPSA) is 68.8 Å². The van der Waals surface area contributed by atoms with Gasteiger partial charge in [-0.05, 0) is 11.6 Å². The molecule has 1 heterocycles. The predicted octanol–water partition coefficient (Wildman–Crippen LogP) is 3.59. The second-order valence-electron chi connectivity index (χ2n) is 5.16. The van der Waals surface area contributed by atoms with Crippen molar-refractivity contribution in [2.45, 2.75) is 6.04 Å². The Kier molecular flexibility index (Phi) is 4.40. The Morgan fingerprint density at radius 3 is 2.38 bits per heavy atom. The van der Waals surface area contributed by atoms with Crippen molar-refractivity contribution in [3.05, 3.63) is 46.5 Å². The molecule has 0 saturated carbocycles. The van der Waals surface area contributed by atoms with Gasteiger partial charge in [-0.2, -0.15) is 0 Å². The SMILES string of the molecule is COc1cc2c(c(OC)c1OC)C(c1ccccc1Cl)NC(=O)N2. The predicted molar refractivity (Wildman–Crippen MR) is 91.5 cm³/mol. The highest BCUT2D eigenvalue weighted by Crippen LogP contribution is 2.49. The number of nitrogens with one attached hydrogen (secondary N) is 2. The summed E-state index contributed by atoms with van der Waals surface area (Å²) in [5, 5.41) is 6.20. The molecule has 0 spiro atoms. The van der Waals surface area contributed by atoms with E-state index in [1.54, 1.807) is 12.1 Å². The number of rotatable bonds is 4. The molecule has 7 heteroatoms. The van der Waals surface area contributed by atoms with Gasteiger partial charge >= 0.3 is 6.03 Å². The normalized spacial score (nSPS) is 15.8. The first kappa shape index (κ1) is 16.3. The highest BCUT2D eigenvalue weighted by molar-refractivity contribution is 6.31. The fourth-order valence-electron chi connectivity index (χ4n) is 2.87. The van der Waals surface area contributed by atoms with E-state index in [0.717, 1.165) is 11.1 Å². The number of carbonyl (C=O) groups excluding carboxylic acids is 1. The molecule has 126 valence electrons. The number of halogens is 1. The Hall–Kier alpha value is -2.60. The molecule has 1 unspecified atom stereocenters. The van der Waals surface area contributed by atoms with Crippen molar-refractivity contribution in [3.63, 3.8) is 0 Å². The van der Waals surface area contributed by atoms with Crippen LogP contribution in [0.4, 0.5) is 10.5 Å². The van der Waals surface area contributed by atoms with Crippen LogP contribution in [0.5, 0.6) is 17.2 Å². The van der Waals surface area contributed by atoms with Gasteiger partial charge in [-0.1, -0.05) is 29.8 Å². The second kappa shape index (κ2) is 6.49. The van der Waals surface area contributed by atoms with Crippen molar-refractivity contribution >= 4 is 23.3 Å². The maximum absolute atomic E-state index is 12.1. The van der Waals surface area contributed by atoms with Gasteiger partial charge in [-0.15, -0.1) is 0 Å². The summed E-state index contributed by atoms with van der Waals surface area (Å²) < 4.78 is 16.3. The largest absolute Gasteiger partial charge is 0.493 e. The minimum Gasteiger partial charge on any atom is -0.493 e. The van der Waals surface area contributed by atoms with E-state index in [9.17, 15) is 4.79 Å². The smallest absolute Gasteiger partial charge is 0.320 e. The second-order valence-corrected chi connectivity index (χ2v) is 5.57. The third-order valence-electron chi connectivity index (χ3n) is 3.90. The van der Waals surface area contributed by atoms with Crippen molar-refractivity contribution < 1.29 is 19.0 Å². The lowest BCUT2D eigenvalue weighted by Crippen LogP contribution is -2.38. The lowest BCUT2D eigenvalue weighted by Gasteiger charge is -2.31. The molecule has 0 radical (unpaired) electrons. The average molecular weight is 349 g/mol. The summed E-state index contributed by atoms with van der Waals surface area (Å²) in [5.74, 6) is 1.39. The van der Waals surface area contributed by atoms with Crippen LogP contribution in [-0.4, -0.2) is 27.4 Å². The molecule has 0 bridgehead atoms. The fraction of sp³-hybridized carbons (Fsp3) is 0.235. The van der Waals surface area contributed by atoms with E-state index in [1.165, 1.54) is 21.3 Å². The zero-order valence-corrected chi connectivity index (χ0v) is 14.2. The van der Waals surface area contributed by atoms with Crippen LogP contribution in [0.2, 0.25) is 5.02 Å². The van der Waals surface area contributed by atoms with Crippen molar-refractivity contribution in [2.75, 3.05) is 26.6 Å². The molecule has 2 aromatic carbocycles. The maximum atomic E-state index is 12.1. The summed E-state index contributed by atoms with van der Waals surface area (Å²) in [6, 6.07) is 8.23. The highest BCUT2D eigenvalue weighted by Gasteiger charge is 2.33. The summed E-state index contributed by atoms with van der Waals surface area (Å²) in [6.45, 7) is 0. The van der Waals surface area contributed by atoms with Gasteiger partial charge in [0, 0.05) is 16.7 Å². The molecule has 3 rings (SSSR count). The number of carbonyl (C=O) groups is 1. The standard InChI is InChI=1S/C17H17ClN2O4/c1-22-12-8-11-13(16(24-3)15(12)23-2)14(20-17(21)19-11)9-6-4-5-7-10(9)18/h4-8,14H,1-3H3,(H2,19,20,21). The first-order valence-electron chi connectivity index (χ1n) is 7.25. The van der Waals surface area contributed by atoms with Crippen molar-refractivity contribution in [3.8, 4) is 17.2 Å². The highest BCUT2D eigenvalue weighted by atomic mass is 35.5. The lowest BCUT2D eigenvalue weighted by atomic mass is 9.94. The number of hydrogen-bond acceptors (Lipinski definition) is 4. The van der Waals surface area contributed by atoms with E-state index in [2.05, 4.69) is 10.6 Å². The molecule has 0 saturated heterocycles. The number of fused-ring (bicyclic) bond motifs is 1. The molecule has 2 aromatic rings. The summed E-state index contributed by atoms with van der Waals surface area (Å²) in [4.78, 5) is 12.1. The Morgan fingerprint density at radius 1 is 1.04 bits per heavy atom. The van der Waals surface area contributed by atoms with Crippen LogP contribution < -0.4 is 24.8 Å². The zero-order chi connectivity index (χ0) is 17.3. The van der Waals surface area contributed by atoms with E-state index in [4.69, 9.17) is 25.8 Å². The molecule has 1 atom stereocenters. The molecular weight excluding hydrogens is 332 g/mol. The van der Waals surface area contributed by atoms with Gasteiger partial charge in [-0.3, -0.25) is 0 Å². The van der Waals surface area contributed by atoms with E-state index in [1.807, 2.05) is 18.2 Å². The summed E-state index contributed by atoms with van der Waals surface area (Å²) in [7, 11) is 4.60. The Morgan fingerprint density at radius 2 is 1.75 bits per heavy atom. The van der Waals surface area contributed by atoms with Gasteiger partial charge in [0.1, 0.15) is 0 Å². The van der Waals surface area contributed by atoms with E-state index < -0.39 is 6.04 Å². The van der Waals surface area contributed by atoms with Gasteiger partial charge in [0.25, 0.3) is 0 Å². The van der Waals surface area contributed by atoms with Gasteiger partial charge in [0.2, 0.25) is 5.75 Å². The maximum Gasteiger partial charge on any atom is 0.320 e. The van der Waals surface area contributed by atoms with Crippen LogP contribution in [-0.2, 0) is 0 Å². The third kappa shape index (κ3) is 2.59. The van der Waals surface area contributed by atoms with Gasteiger partial charge in [-0.25, -0.2) is 4.79 Å². The monoisotopic (exact) mass is 348 g/mol. The fourth-order valence-corrected chi connectivity index (χ4v) is 3.12. The zero-order valence-electron chi connectivity index (χ0n) is 13.5. The molecule has 2 N–H and O–H groups in total. The molecule has 0 aliphatic carbocycles. The quantitative estimate of drug-likeness (QED) is 0.886. The van der Waals surface area contributed by atoms with Crippen LogP contribution in [0.1, 0.15) is 17.2 Å². The minimum atomic E-state index is -0.475. The van der Waals surface area contributed by atoms with Gasteiger partial charge in [0.05, 0.1) is 33.1 Å². The molecule has 0 aromatic heterocycles. The molecule has 2 amide bonds. The van der Waals surface area contributed by atoms with E-state index in [0.29, 0.717) is 28.0 Å². The number of methoxy groups -OCH3 is 3.